The Kier molecular flexibility index (Phi) is 54.7. The molecule has 0 heterocycles. The zero-order valence-electron chi connectivity index (χ0n) is 45.2. The number of allylic oxidation sites excluding steroid dienone is 4. The Morgan fingerprint density at radius 3 is 0.746 bits per heavy atom. The summed E-state index contributed by atoms with van der Waals surface area (Å²) >= 11 is 0. The molecule has 0 spiro atoms. The third kappa shape index (κ3) is 54.7. The van der Waals surface area contributed by atoms with Gasteiger partial charge in [-0.15, -0.1) is 0 Å². The van der Waals surface area contributed by atoms with Crippen molar-refractivity contribution in [3.8, 4) is 0 Å². The first-order chi connectivity index (χ1) is 33.0. The Labute approximate surface area is 417 Å². The highest BCUT2D eigenvalue weighted by Gasteiger charge is 2.19. The van der Waals surface area contributed by atoms with Crippen LogP contribution in [0.4, 0.5) is 0 Å². The van der Waals surface area contributed by atoms with Crippen molar-refractivity contribution in [1.29, 1.82) is 0 Å². The summed E-state index contributed by atoms with van der Waals surface area (Å²) in [5.74, 6) is -0.861. The highest BCUT2D eigenvalue weighted by atomic mass is 16.6. The molecule has 0 aromatic rings. The maximum absolute atomic E-state index is 12.8. The Hall–Kier alpha value is -2.11. The minimum Gasteiger partial charge on any atom is -0.462 e. The molecule has 394 valence electrons. The summed E-state index contributed by atoms with van der Waals surface area (Å²) in [4.78, 5) is 38.2. The van der Waals surface area contributed by atoms with E-state index in [1.807, 2.05) is 0 Å². The lowest BCUT2D eigenvalue weighted by atomic mass is 10.0. The maximum Gasteiger partial charge on any atom is 0.306 e. The van der Waals surface area contributed by atoms with Gasteiger partial charge < -0.3 is 14.2 Å². The van der Waals surface area contributed by atoms with Gasteiger partial charge in [0.05, 0.1) is 0 Å². The largest absolute Gasteiger partial charge is 0.462 e. The van der Waals surface area contributed by atoms with E-state index in [9.17, 15) is 14.4 Å². The van der Waals surface area contributed by atoms with Gasteiger partial charge in [0.2, 0.25) is 0 Å². The zero-order valence-corrected chi connectivity index (χ0v) is 45.2. The standard InChI is InChI=1S/C61H114O6/c1-4-7-10-13-16-19-22-25-28-29-30-31-32-33-34-37-39-42-45-48-51-54-60(63)66-57-58(67-61(64)55-52-49-46-43-40-36-27-24-21-18-15-12-9-6-3)56-65-59(62)53-50-47-44-41-38-35-26-23-20-17-14-11-8-5-2/h24,27,29-30,58H,4-23,25-26,28,31-57H2,1-3H3/b27-24-,30-29-. The van der Waals surface area contributed by atoms with Crippen molar-refractivity contribution >= 4 is 17.9 Å². The Balaban J connectivity index is 4.29. The average Bonchev–Trinajstić information content (AvgIpc) is 3.33. The molecule has 0 radical (unpaired) electrons. The molecular formula is C61H114O6. The molecule has 6 heteroatoms. The molecule has 0 N–H and O–H groups in total. The summed E-state index contributed by atoms with van der Waals surface area (Å²) < 4.78 is 16.9. The van der Waals surface area contributed by atoms with Crippen molar-refractivity contribution in [2.24, 2.45) is 0 Å². The monoisotopic (exact) mass is 943 g/mol. The zero-order chi connectivity index (χ0) is 48.6. The fourth-order valence-electron chi connectivity index (χ4n) is 8.91. The molecule has 0 rings (SSSR count). The number of hydrogen-bond donors (Lipinski definition) is 0. The van der Waals surface area contributed by atoms with Crippen molar-refractivity contribution in [2.45, 2.75) is 335 Å². The van der Waals surface area contributed by atoms with Crippen LogP contribution in [0.15, 0.2) is 24.3 Å². The van der Waals surface area contributed by atoms with Crippen LogP contribution in [0, 0.1) is 0 Å². The highest BCUT2D eigenvalue weighted by Crippen LogP contribution is 2.17. The summed E-state index contributed by atoms with van der Waals surface area (Å²) in [5.41, 5.74) is 0. The summed E-state index contributed by atoms with van der Waals surface area (Å²) in [6.07, 6.45) is 66.0. The number of hydrogen-bond acceptors (Lipinski definition) is 6. The predicted molar refractivity (Wildman–Crippen MR) is 289 cm³/mol. The van der Waals surface area contributed by atoms with Crippen LogP contribution in [0.2, 0.25) is 0 Å². The maximum atomic E-state index is 12.8. The van der Waals surface area contributed by atoms with Crippen LogP contribution in [0.3, 0.4) is 0 Å². The first-order valence-corrected chi connectivity index (χ1v) is 29.8. The van der Waals surface area contributed by atoms with Crippen LogP contribution in [0.1, 0.15) is 329 Å². The molecule has 1 unspecified atom stereocenters. The number of ether oxygens (including phenoxy) is 3. The number of rotatable bonds is 55. The van der Waals surface area contributed by atoms with Crippen molar-refractivity contribution in [3.63, 3.8) is 0 Å². The molecule has 0 saturated carbocycles. The van der Waals surface area contributed by atoms with Gasteiger partial charge in [-0.05, 0) is 70.6 Å². The lowest BCUT2D eigenvalue weighted by Crippen LogP contribution is -2.30. The van der Waals surface area contributed by atoms with Crippen LogP contribution in [-0.4, -0.2) is 37.2 Å². The number of carbonyl (C=O) groups excluding carboxylic acids is 3. The van der Waals surface area contributed by atoms with E-state index in [0.717, 1.165) is 64.2 Å². The van der Waals surface area contributed by atoms with Crippen LogP contribution < -0.4 is 0 Å². The molecule has 0 amide bonds. The van der Waals surface area contributed by atoms with E-state index >= 15 is 0 Å². The van der Waals surface area contributed by atoms with E-state index in [-0.39, 0.29) is 31.1 Å². The lowest BCUT2D eigenvalue weighted by molar-refractivity contribution is -0.167. The third-order valence-electron chi connectivity index (χ3n) is 13.4. The smallest absolute Gasteiger partial charge is 0.306 e. The number of unbranched alkanes of at least 4 members (excludes halogenated alkanes) is 40. The molecule has 1 atom stereocenters. The summed E-state index contributed by atoms with van der Waals surface area (Å²) in [6, 6.07) is 0. The average molecular weight is 944 g/mol. The van der Waals surface area contributed by atoms with E-state index in [1.165, 1.54) is 225 Å². The quantitative estimate of drug-likeness (QED) is 0.0262. The van der Waals surface area contributed by atoms with Crippen molar-refractivity contribution in [3.05, 3.63) is 24.3 Å². The lowest BCUT2D eigenvalue weighted by Gasteiger charge is -2.18. The Morgan fingerprint density at radius 1 is 0.284 bits per heavy atom. The van der Waals surface area contributed by atoms with Crippen molar-refractivity contribution < 1.29 is 28.6 Å². The molecule has 0 aliphatic rings. The van der Waals surface area contributed by atoms with Crippen molar-refractivity contribution in [2.75, 3.05) is 13.2 Å². The van der Waals surface area contributed by atoms with Gasteiger partial charge in [-0.25, -0.2) is 0 Å². The first kappa shape index (κ1) is 64.9. The number of carbonyl (C=O) groups is 3. The molecule has 6 nitrogen and oxygen atoms in total. The SMILES string of the molecule is CCCCCCC/C=C\CCCCCCCC(=O)OC(COC(=O)CCCCCCCCCCC/C=C\CCCCCCCCCC)COC(=O)CCCCCCCCCCCCCCCC. The second-order valence-corrected chi connectivity index (χ2v) is 20.3. The van der Waals surface area contributed by atoms with E-state index in [1.54, 1.807) is 0 Å². The van der Waals surface area contributed by atoms with Gasteiger partial charge in [-0.3, -0.25) is 14.4 Å². The van der Waals surface area contributed by atoms with E-state index in [0.29, 0.717) is 19.3 Å². The molecule has 0 saturated heterocycles. The number of esters is 3. The van der Waals surface area contributed by atoms with Gasteiger partial charge >= 0.3 is 17.9 Å². The fourth-order valence-corrected chi connectivity index (χ4v) is 8.91. The van der Waals surface area contributed by atoms with Crippen LogP contribution in [-0.2, 0) is 28.6 Å². The second kappa shape index (κ2) is 56.5. The van der Waals surface area contributed by atoms with Gasteiger partial charge in [0.25, 0.3) is 0 Å². The second-order valence-electron chi connectivity index (χ2n) is 20.3. The Morgan fingerprint density at radius 2 is 0.493 bits per heavy atom. The van der Waals surface area contributed by atoms with Gasteiger partial charge in [-0.1, -0.05) is 263 Å². The van der Waals surface area contributed by atoms with E-state index in [2.05, 4.69) is 45.1 Å². The molecule has 0 fully saturated rings. The topological polar surface area (TPSA) is 78.9 Å². The van der Waals surface area contributed by atoms with Gasteiger partial charge in [0.15, 0.2) is 6.10 Å². The van der Waals surface area contributed by atoms with Crippen LogP contribution in [0.5, 0.6) is 0 Å². The Bertz CT molecular complexity index is 1080. The van der Waals surface area contributed by atoms with Crippen molar-refractivity contribution in [1.82, 2.24) is 0 Å². The summed E-state index contributed by atoms with van der Waals surface area (Å²) in [5, 5.41) is 0. The van der Waals surface area contributed by atoms with Crippen LogP contribution in [0.25, 0.3) is 0 Å². The molecule has 0 bridgehead atoms. The van der Waals surface area contributed by atoms with E-state index in [4.69, 9.17) is 14.2 Å². The van der Waals surface area contributed by atoms with Crippen LogP contribution >= 0.6 is 0 Å². The highest BCUT2D eigenvalue weighted by molar-refractivity contribution is 5.71. The van der Waals surface area contributed by atoms with E-state index < -0.39 is 6.10 Å². The first-order valence-electron chi connectivity index (χ1n) is 29.8. The predicted octanol–water partition coefficient (Wildman–Crippen LogP) is 19.9. The van der Waals surface area contributed by atoms with Gasteiger partial charge in [-0.2, -0.15) is 0 Å². The minimum atomic E-state index is -0.772. The minimum absolute atomic E-state index is 0.0707. The molecule has 67 heavy (non-hydrogen) atoms. The third-order valence-corrected chi connectivity index (χ3v) is 13.4. The van der Waals surface area contributed by atoms with Gasteiger partial charge in [0, 0.05) is 19.3 Å². The molecule has 0 aromatic carbocycles. The summed E-state index contributed by atoms with van der Waals surface area (Å²) in [6.45, 7) is 6.67. The normalized spacial score (nSPS) is 12.1. The summed E-state index contributed by atoms with van der Waals surface area (Å²) in [7, 11) is 0. The van der Waals surface area contributed by atoms with Gasteiger partial charge in [0.1, 0.15) is 13.2 Å². The molecular weight excluding hydrogens is 829 g/mol. The fraction of sp³-hybridized carbons (Fsp3) is 0.885. The molecule has 0 aromatic heterocycles. The molecule has 0 aliphatic carbocycles. The molecule has 0 aliphatic heterocycles.